The Kier molecular flexibility index (Phi) is 1.46. The fourth-order valence-electron chi connectivity index (χ4n) is 3.65. The molecule has 0 amide bonds. The molecule has 4 fully saturated rings. The van der Waals surface area contributed by atoms with Crippen molar-refractivity contribution >= 4 is 28.4 Å². The molecule has 4 saturated carbocycles. The minimum Gasteiger partial charge on any atom is -0.299 e. The minimum absolute atomic E-state index is 0.466. The van der Waals surface area contributed by atoms with Crippen LogP contribution in [0.1, 0.15) is 32.1 Å². The third-order valence-corrected chi connectivity index (χ3v) is 5.24. The molecule has 2 atom stereocenters. The lowest BCUT2D eigenvalue weighted by atomic mass is 9.56. The summed E-state index contributed by atoms with van der Waals surface area (Å²) in [5.41, 5.74) is 0. The van der Waals surface area contributed by atoms with E-state index in [0.29, 0.717) is 21.0 Å². The molecule has 4 rings (SSSR count). The fourth-order valence-corrected chi connectivity index (χ4v) is 5.34. The Morgan fingerprint density at radius 1 is 1.17 bits per heavy atom. The predicted molar refractivity (Wildman–Crippen MR) is 55.3 cm³/mol. The topological polar surface area (TPSA) is 17.1 Å². The van der Waals surface area contributed by atoms with Crippen LogP contribution in [0.2, 0.25) is 0 Å². The van der Waals surface area contributed by atoms with Crippen molar-refractivity contribution < 1.29 is 4.79 Å². The first-order chi connectivity index (χ1) is 5.66. The van der Waals surface area contributed by atoms with E-state index in [-0.39, 0.29) is 0 Å². The summed E-state index contributed by atoms with van der Waals surface area (Å²) in [7, 11) is 0. The average molecular weight is 276 g/mol. The molecular weight excluding hydrogens is 263 g/mol. The van der Waals surface area contributed by atoms with Gasteiger partial charge in [0, 0.05) is 15.3 Å². The quantitative estimate of drug-likeness (QED) is 0.491. The minimum atomic E-state index is 0.466. The lowest BCUT2D eigenvalue weighted by Gasteiger charge is -2.53. The first kappa shape index (κ1) is 7.77. The molecule has 2 heteroatoms. The van der Waals surface area contributed by atoms with E-state index in [1.165, 1.54) is 32.1 Å². The van der Waals surface area contributed by atoms with Gasteiger partial charge in [0.05, 0.1) is 0 Å². The molecule has 0 N–H and O–H groups in total. The fraction of sp³-hybridized carbons (Fsp3) is 0.900. The van der Waals surface area contributed by atoms with Crippen molar-refractivity contribution in [3.8, 4) is 0 Å². The summed E-state index contributed by atoms with van der Waals surface area (Å²) in [5, 5.41) is 0. The largest absolute Gasteiger partial charge is 0.299 e. The Morgan fingerprint density at radius 2 is 1.75 bits per heavy atom. The van der Waals surface area contributed by atoms with E-state index >= 15 is 0 Å². The Morgan fingerprint density at radius 3 is 2.25 bits per heavy atom. The number of carbonyl (C=O) groups excluding carboxylic acids is 1. The highest BCUT2D eigenvalue weighted by Gasteiger charge is 2.53. The van der Waals surface area contributed by atoms with Crippen LogP contribution in [0.3, 0.4) is 0 Å². The SMILES string of the molecule is O=C1C2CC3CC1CC(I)(C3)C2. The van der Waals surface area contributed by atoms with Crippen LogP contribution in [0.4, 0.5) is 0 Å². The van der Waals surface area contributed by atoms with Crippen molar-refractivity contribution in [3.05, 3.63) is 0 Å². The van der Waals surface area contributed by atoms with Gasteiger partial charge in [-0.2, -0.15) is 0 Å². The van der Waals surface area contributed by atoms with Gasteiger partial charge in [0.2, 0.25) is 0 Å². The summed E-state index contributed by atoms with van der Waals surface area (Å²) in [6.45, 7) is 0. The first-order valence-electron chi connectivity index (χ1n) is 4.89. The first-order valence-corrected chi connectivity index (χ1v) is 5.97. The van der Waals surface area contributed by atoms with E-state index in [0.717, 1.165) is 5.92 Å². The monoisotopic (exact) mass is 276 g/mol. The number of rotatable bonds is 0. The van der Waals surface area contributed by atoms with Crippen LogP contribution >= 0.6 is 22.6 Å². The lowest BCUT2D eigenvalue weighted by molar-refractivity contribution is -0.137. The molecule has 66 valence electrons. The van der Waals surface area contributed by atoms with E-state index in [4.69, 9.17) is 0 Å². The summed E-state index contributed by atoms with van der Waals surface area (Å²) >= 11 is 2.62. The molecule has 0 aromatic rings. The van der Waals surface area contributed by atoms with Crippen LogP contribution in [-0.2, 0) is 4.79 Å². The summed E-state index contributed by atoms with van der Waals surface area (Å²) in [5.74, 6) is 2.44. The van der Waals surface area contributed by atoms with Crippen molar-refractivity contribution in [2.75, 3.05) is 0 Å². The standard InChI is InChI=1S/C10H13IO/c11-10-3-6-1-7(4-10)9(12)8(2-6)5-10/h6-8H,1-5H2. The predicted octanol–water partition coefficient (Wildman–Crippen LogP) is 2.57. The van der Waals surface area contributed by atoms with E-state index in [2.05, 4.69) is 22.6 Å². The maximum absolute atomic E-state index is 11.7. The van der Waals surface area contributed by atoms with Gasteiger partial charge in [-0.05, 0) is 38.0 Å². The molecule has 0 spiro atoms. The summed E-state index contributed by atoms with van der Waals surface area (Å²) < 4.78 is 0.530. The van der Waals surface area contributed by atoms with E-state index in [1.54, 1.807) is 0 Å². The molecule has 0 radical (unpaired) electrons. The van der Waals surface area contributed by atoms with Crippen molar-refractivity contribution in [3.63, 3.8) is 0 Å². The van der Waals surface area contributed by atoms with Gasteiger partial charge in [0.25, 0.3) is 0 Å². The summed E-state index contributed by atoms with van der Waals surface area (Å²) in [6, 6.07) is 0. The zero-order valence-corrected chi connectivity index (χ0v) is 9.21. The number of alkyl halides is 1. The third-order valence-electron chi connectivity index (χ3n) is 3.92. The van der Waals surface area contributed by atoms with Gasteiger partial charge in [-0.15, -0.1) is 0 Å². The molecule has 0 aromatic carbocycles. The zero-order chi connectivity index (χ0) is 8.34. The maximum Gasteiger partial charge on any atom is 0.139 e. The number of halogens is 1. The second kappa shape index (κ2) is 2.25. The number of Topliss-reactive ketones (excluding diaryl/α,β-unsaturated/α-hetero) is 1. The summed E-state index contributed by atoms with van der Waals surface area (Å²) in [6.07, 6.45) is 6.23. The normalized spacial score (nSPS) is 56.4. The molecule has 4 aliphatic rings. The molecule has 4 bridgehead atoms. The number of ketones is 1. The molecule has 0 aliphatic heterocycles. The highest BCUT2D eigenvalue weighted by Crippen LogP contribution is 2.57. The van der Waals surface area contributed by atoms with Crippen LogP contribution < -0.4 is 0 Å². The van der Waals surface area contributed by atoms with Gasteiger partial charge in [-0.25, -0.2) is 0 Å². The average Bonchev–Trinajstić information content (AvgIpc) is 1.96. The zero-order valence-electron chi connectivity index (χ0n) is 7.05. The van der Waals surface area contributed by atoms with Crippen LogP contribution in [-0.4, -0.2) is 9.20 Å². The molecule has 0 aromatic heterocycles. The van der Waals surface area contributed by atoms with Gasteiger partial charge < -0.3 is 0 Å². The second-order valence-corrected chi connectivity index (χ2v) is 7.19. The number of carbonyl (C=O) groups is 1. The van der Waals surface area contributed by atoms with Crippen LogP contribution in [0.25, 0.3) is 0 Å². The van der Waals surface area contributed by atoms with Crippen molar-refractivity contribution in [1.29, 1.82) is 0 Å². The molecule has 0 heterocycles. The Hall–Kier alpha value is 0.400. The highest BCUT2D eigenvalue weighted by atomic mass is 127. The van der Waals surface area contributed by atoms with Gasteiger partial charge in [-0.3, -0.25) is 4.79 Å². The molecule has 0 saturated heterocycles. The van der Waals surface area contributed by atoms with Gasteiger partial charge in [0.1, 0.15) is 5.78 Å². The van der Waals surface area contributed by atoms with Crippen molar-refractivity contribution in [2.45, 2.75) is 35.5 Å². The van der Waals surface area contributed by atoms with Crippen LogP contribution in [0.5, 0.6) is 0 Å². The number of hydrogen-bond donors (Lipinski definition) is 0. The molecule has 4 aliphatic carbocycles. The Balaban J connectivity index is 2.00. The van der Waals surface area contributed by atoms with Gasteiger partial charge in [0.15, 0.2) is 0 Å². The lowest BCUT2D eigenvalue weighted by Crippen LogP contribution is -2.52. The second-order valence-electron chi connectivity index (χ2n) is 4.90. The molecule has 1 nitrogen and oxygen atoms in total. The van der Waals surface area contributed by atoms with E-state index in [9.17, 15) is 4.79 Å². The summed E-state index contributed by atoms with van der Waals surface area (Å²) in [4.78, 5) is 11.7. The highest BCUT2D eigenvalue weighted by molar-refractivity contribution is 14.1. The smallest absolute Gasteiger partial charge is 0.139 e. The Labute approximate surface area is 86.4 Å². The van der Waals surface area contributed by atoms with Gasteiger partial charge >= 0.3 is 0 Å². The Bertz CT molecular complexity index is 230. The van der Waals surface area contributed by atoms with Crippen molar-refractivity contribution in [2.24, 2.45) is 17.8 Å². The van der Waals surface area contributed by atoms with Crippen LogP contribution in [0, 0.1) is 17.8 Å². The number of hydrogen-bond acceptors (Lipinski definition) is 1. The van der Waals surface area contributed by atoms with Crippen molar-refractivity contribution in [1.82, 2.24) is 0 Å². The maximum atomic E-state index is 11.7. The van der Waals surface area contributed by atoms with Gasteiger partial charge in [-0.1, -0.05) is 22.6 Å². The molecule has 2 unspecified atom stereocenters. The molecular formula is C10H13IO. The van der Waals surface area contributed by atoms with Crippen LogP contribution in [0.15, 0.2) is 0 Å². The molecule has 12 heavy (non-hydrogen) atoms. The third kappa shape index (κ3) is 0.932. The van der Waals surface area contributed by atoms with E-state index in [1.807, 2.05) is 0 Å². The van der Waals surface area contributed by atoms with E-state index < -0.39 is 0 Å².